The number of furan rings is 1. The number of hydrogen-bond acceptors (Lipinski definition) is 4. The van der Waals surface area contributed by atoms with Crippen LogP contribution in [0.1, 0.15) is 41.3 Å². The standard InChI is InChI=1S/C49H35N3O/c1-3-12-32(13-4-1)33-22-24-34(25-23-33)35-26-28-37(29-27-35)48-50-47(36-14-5-2-6-15-36)51-49(52-48)39-30-38-16-7-8-17-40(38)43(31-39)41-19-11-21-45-46(41)42-18-9-10-20-44(42)53-45/h1-3,5-12,14-31,48H,4,13H2,(H,50,51,52). The predicted molar refractivity (Wildman–Crippen MR) is 220 cm³/mol. The highest BCUT2D eigenvalue weighted by atomic mass is 16.3. The number of hydrogen-bond donors (Lipinski definition) is 1. The summed E-state index contributed by atoms with van der Waals surface area (Å²) in [5.41, 5.74) is 12.1. The van der Waals surface area contributed by atoms with E-state index in [0.717, 1.165) is 79.7 Å². The van der Waals surface area contributed by atoms with Crippen LogP contribution in [0.25, 0.3) is 60.5 Å². The van der Waals surface area contributed by atoms with Crippen molar-refractivity contribution in [2.75, 3.05) is 0 Å². The van der Waals surface area contributed by atoms with Gasteiger partial charge in [0.2, 0.25) is 0 Å². The van der Waals surface area contributed by atoms with Crippen LogP contribution in [-0.4, -0.2) is 11.7 Å². The van der Waals surface area contributed by atoms with E-state index in [4.69, 9.17) is 14.4 Å². The molecule has 0 spiro atoms. The molecule has 8 aromatic rings. The van der Waals surface area contributed by atoms with Gasteiger partial charge < -0.3 is 9.73 Å². The maximum Gasteiger partial charge on any atom is 0.169 e. The van der Waals surface area contributed by atoms with E-state index in [2.05, 4.69) is 151 Å². The minimum Gasteiger partial charge on any atom is -0.456 e. The third-order valence-electron chi connectivity index (χ3n) is 10.4. The lowest BCUT2D eigenvalue weighted by Crippen LogP contribution is -2.36. The number of nitrogens with one attached hydrogen (secondary N) is 1. The average molecular weight is 682 g/mol. The van der Waals surface area contributed by atoms with Crippen LogP contribution in [0.5, 0.6) is 0 Å². The summed E-state index contributed by atoms with van der Waals surface area (Å²) >= 11 is 0. The van der Waals surface area contributed by atoms with Crippen LogP contribution in [-0.2, 0) is 0 Å². The molecule has 1 N–H and O–H groups in total. The van der Waals surface area contributed by atoms with Crippen molar-refractivity contribution in [1.29, 1.82) is 0 Å². The molecule has 1 aliphatic carbocycles. The Hall–Kier alpha value is -6.78. The molecule has 0 saturated heterocycles. The Morgan fingerprint density at radius 1 is 0.528 bits per heavy atom. The van der Waals surface area contributed by atoms with Crippen LogP contribution in [0.15, 0.2) is 190 Å². The van der Waals surface area contributed by atoms with Crippen molar-refractivity contribution in [3.05, 3.63) is 198 Å². The second-order valence-corrected chi connectivity index (χ2v) is 13.7. The Morgan fingerprint density at radius 3 is 2.00 bits per heavy atom. The Kier molecular flexibility index (Phi) is 7.65. The second-order valence-electron chi connectivity index (χ2n) is 13.7. The Balaban J connectivity index is 1.06. The normalized spacial score (nSPS) is 15.6. The number of para-hydroxylation sites is 1. The van der Waals surface area contributed by atoms with Crippen molar-refractivity contribution in [1.82, 2.24) is 5.32 Å². The summed E-state index contributed by atoms with van der Waals surface area (Å²) in [6.07, 6.45) is 8.39. The molecule has 2 heterocycles. The molecule has 1 atom stereocenters. The predicted octanol–water partition coefficient (Wildman–Crippen LogP) is 12.3. The van der Waals surface area contributed by atoms with Gasteiger partial charge in [0, 0.05) is 21.9 Å². The molecule has 1 unspecified atom stereocenters. The minimum absolute atomic E-state index is 0.416. The maximum atomic E-state index is 6.31. The van der Waals surface area contributed by atoms with Gasteiger partial charge in [0.15, 0.2) is 6.17 Å². The van der Waals surface area contributed by atoms with E-state index >= 15 is 0 Å². The van der Waals surface area contributed by atoms with Gasteiger partial charge in [-0.2, -0.15) is 0 Å². The van der Waals surface area contributed by atoms with Gasteiger partial charge in [-0.25, -0.2) is 9.98 Å². The fraction of sp³-hybridized carbons (Fsp3) is 0.0612. The molecule has 2 aliphatic rings. The molecular formula is C49H35N3O. The molecule has 0 amide bonds. The summed E-state index contributed by atoms with van der Waals surface area (Å²) in [5.74, 6) is 1.58. The molecule has 53 heavy (non-hydrogen) atoms. The monoisotopic (exact) mass is 681 g/mol. The van der Waals surface area contributed by atoms with E-state index in [0.29, 0.717) is 0 Å². The van der Waals surface area contributed by atoms with Crippen LogP contribution in [0.2, 0.25) is 0 Å². The Bertz CT molecular complexity index is 2790. The number of amidine groups is 2. The quantitative estimate of drug-likeness (QED) is 0.190. The maximum absolute atomic E-state index is 6.31. The Labute approximate surface area is 308 Å². The molecule has 1 aromatic heterocycles. The Morgan fingerprint density at radius 2 is 1.21 bits per heavy atom. The summed E-state index contributed by atoms with van der Waals surface area (Å²) in [6, 6.07) is 55.6. The van der Waals surface area contributed by atoms with Crippen LogP contribution in [0, 0.1) is 0 Å². The SMILES string of the molecule is C1=CCCC(c2ccc(-c3ccc(C4N=C(c5ccccc5)NC(c5cc(-c6cccc7oc8ccccc8c67)c6ccccc6c5)=N4)cc3)cc2)=C1. The van der Waals surface area contributed by atoms with Crippen molar-refractivity contribution < 1.29 is 4.42 Å². The number of aliphatic imine (C=N–C) groups is 2. The molecule has 7 aromatic carbocycles. The van der Waals surface area contributed by atoms with E-state index in [1.165, 1.54) is 27.6 Å². The van der Waals surface area contributed by atoms with Gasteiger partial charge in [-0.15, -0.1) is 0 Å². The summed E-state index contributed by atoms with van der Waals surface area (Å²) in [7, 11) is 0. The summed E-state index contributed by atoms with van der Waals surface area (Å²) < 4.78 is 6.31. The van der Waals surface area contributed by atoms with Crippen molar-refractivity contribution in [3.8, 4) is 22.3 Å². The molecule has 10 rings (SSSR count). The van der Waals surface area contributed by atoms with Crippen LogP contribution < -0.4 is 5.32 Å². The van der Waals surface area contributed by atoms with Crippen molar-refractivity contribution in [2.24, 2.45) is 9.98 Å². The van der Waals surface area contributed by atoms with Crippen molar-refractivity contribution in [2.45, 2.75) is 19.0 Å². The topological polar surface area (TPSA) is 49.9 Å². The summed E-state index contributed by atoms with van der Waals surface area (Å²) in [6.45, 7) is 0. The van der Waals surface area contributed by atoms with Crippen LogP contribution in [0.3, 0.4) is 0 Å². The van der Waals surface area contributed by atoms with E-state index in [1.54, 1.807) is 0 Å². The lowest BCUT2D eigenvalue weighted by Gasteiger charge is -2.23. The highest BCUT2D eigenvalue weighted by Crippen LogP contribution is 2.40. The van der Waals surface area contributed by atoms with Crippen molar-refractivity contribution in [3.63, 3.8) is 0 Å². The lowest BCUT2D eigenvalue weighted by atomic mass is 9.92. The molecule has 252 valence electrons. The summed E-state index contributed by atoms with van der Waals surface area (Å²) in [4.78, 5) is 10.5. The van der Waals surface area contributed by atoms with Gasteiger partial charge in [-0.3, -0.25) is 0 Å². The lowest BCUT2D eigenvalue weighted by molar-refractivity contribution is 0.669. The van der Waals surface area contributed by atoms with E-state index in [9.17, 15) is 0 Å². The molecule has 0 fully saturated rings. The third-order valence-corrected chi connectivity index (χ3v) is 10.4. The molecular weight excluding hydrogens is 647 g/mol. The highest BCUT2D eigenvalue weighted by molar-refractivity contribution is 6.19. The van der Waals surface area contributed by atoms with Gasteiger partial charge in [-0.05, 0) is 86.8 Å². The highest BCUT2D eigenvalue weighted by Gasteiger charge is 2.23. The number of nitrogens with zero attached hydrogens (tertiary/aromatic N) is 2. The average Bonchev–Trinajstić information content (AvgIpc) is 3.63. The van der Waals surface area contributed by atoms with Crippen molar-refractivity contribution >= 4 is 50.0 Å². The van der Waals surface area contributed by atoms with E-state index < -0.39 is 6.17 Å². The zero-order valence-corrected chi connectivity index (χ0v) is 29.0. The molecule has 0 radical (unpaired) electrons. The number of allylic oxidation sites excluding steroid dienone is 4. The summed E-state index contributed by atoms with van der Waals surface area (Å²) in [5, 5.41) is 8.17. The zero-order valence-electron chi connectivity index (χ0n) is 29.0. The van der Waals surface area contributed by atoms with Crippen LogP contribution >= 0.6 is 0 Å². The van der Waals surface area contributed by atoms with Gasteiger partial charge >= 0.3 is 0 Å². The van der Waals surface area contributed by atoms with E-state index in [-0.39, 0.29) is 0 Å². The first-order valence-corrected chi connectivity index (χ1v) is 18.2. The fourth-order valence-corrected chi connectivity index (χ4v) is 7.73. The van der Waals surface area contributed by atoms with Gasteiger partial charge in [0.25, 0.3) is 0 Å². The first-order valence-electron chi connectivity index (χ1n) is 18.2. The molecule has 4 nitrogen and oxygen atoms in total. The molecule has 0 saturated carbocycles. The number of benzene rings is 7. The van der Waals surface area contributed by atoms with E-state index in [1.807, 2.05) is 30.3 Å². The van der Waals surface area contributed by atoms with Crippen LogP contribution in [0.4, 0.5) is 0 Å². The van der Waals surface area contributed by atoms with Gasteiger partial charge in [-0.1, -0.05) is 152 Å². The first kappa shape index (κ1) is 31.0. The van der Waals surface area contributed by atoms with Gasteiger partial charge in [0.1, 0.15) is 22.8 Å². The molecule has 0 bridgehead atoms. The first-order chi connectivity index (χ1) is 26.2. The second kappa shape index (κ2) is 13.1. The third kappa shape index (κ3) is 5.75. The number of rotatable bonds is 6. The smallest absolute Gasteiger partial charge is 0.169 e. The van der Waals surface area contributed by atoms with Gasteiger partial charge in [0.05, 0.1) is 0 Å². The number of fused-ring (bicyclic) bond motifs is 4. The molecule has 4 heteroatoms. The molecule has 1 aliphatic heterocycles. The fourth-order valence-electron chi connectivity index (χ4n) is 7.73. The minimum atomic E-state index is -0.416. The largest absolute Gasteiger partial charge is 0.456 e. The zero-order chi connectivity index (χ0) is 35.1.